The zero-order chi connectivity index (χ0) is 20.6. The first-order valence-corrected chi connectivity index (χ1v) is 10.2. The molecule has 150 valence electrons. The summed E-state index contributed by atoms with van der Waals surface area (Å²) < 4.78 is 0. The van der Waals surface area contributed by atoms with E-state index < -0.39 is 0 Å². The van der Waals surface area contributed by atoms with Gasteiger partial charge in [-0.1, -0.05) is 73.7 Å². The average Bonchev–Trinajstić information content (AvgIpc) is 2.76. The van der Waals surface area contributed by atoms with Crippen molar-refractivity contribution in [3.63, 3.8) is 0 Å². The normalized spacial score (nSPS) is 11.8. The number of rotatable bonds is 8. The summed E-state index contributed by atoms with van der Waals surface area (Å²) in [6.07, 6.45) is 1.13. The van der Waals surface area contributed by atoms with Crippen LogP contribution in [0.5, 0.6) is 0 Å². The van der Waals surface area contributed by atoms with E-state index in [-0.39, 0.29) is 24.3 Å². The molecule has 0 bridgehead atoms. The number of benzene rings is 3. The van der Waals surface area contributed by atoms with E-state index in [1.165, 1.54) is 0 Å². The van der Waals surface area contributed by atoms with E-state index in [1.807, 2.05) is 86.6 Å². The van der Waals surface area contributed by atoms with Gasteiger partial charge in [0.15, 0.2) is 0 Å². The molecule has 4 heteroatoms. The van der Waals surface area contributed by atoms with Crippen LogP contribution in [-0.2, 0) is 4.79 Å². The fourth-order valence-corrected chi connectivity index (χ4v) is 3.54. The van der Waals surface area contributed by atoms with Gasteiger partial charge >= 0.3 is 0 Å². The Morgan fingerprint density at radius 3 is 2.34 bits per heavy atom. The van der Waals surface area contributed by atoms with Crippen LogP contribution < -0.4 is 5.32 Å². The van der Waals surface area contributed by atoms with Crippen LogP contribution in [0.2, 0.25) is 0 Å². The van der Waals surface area contributed by atoms with Gasteiger partial charge in [-0.15, -0.1) is 0 Å². The van der Waals surface area contributed by atoms with Gasteiger partial charge in [-0.25, -0.2) is 0 Å². The fourth-order valence-electron chi connectivity index (χ4n) is 3.54. The Morgan fingerprint density at radius 2 is 1.59 bits per heavy atom. The van der Waals surface area contributed by atoms with Gasteiger partial charge in [0.1, 0.15) is 0 Å². The van der Waals surface area contributed by atoms with Crippen molar-refractivity contribution < 1.29 is 9.59 Å². The monoisotopic (exact) mass is 388 g/mol. The fraction of sp³-hybridized carbons (Fsp3) is 0.280. The Balaban J connectivity index is 1.66. The van der Waals surface area contributed by atoms with E-state index in [4.69, 9.17) is 0 Å². The van der Waals surface area contributed by atoms with E-state index in [1.54, 1.807) is 4.90 Å². The first kappa shape index (κ1) is 20.6. The highest BCUT2D eigenvalue weighted by Crippen LogP contribution is 2.20. The molecular formula is C25H28N2O2. The standard InChI is InChI=1S/C25H28N2O2/c1-3-17-27(18-16-24(28)26-19(2)20-10-5-4-6-11-20)25(29)23-15-9-13-21-12-7-8-14-22(21)23/h4-15,19H,3,16-18H2,1-2H3,(H,26,28). The van der Waals surface area contributed by atoms with Gasteiger partial charge < -0.3 is 10.2 Å². The van der Waals surface area contributed by atoms with Gasteiger partial charge in [0.05, 0.1) is 6.04 Å². The highest BCUT2D eigenvalue weighted by atomic mass is 16.2. The maximum absolute atomic E-state index is 13.2. The number of carbonyl (C=O) groups excluding carboxylic acids is 2. The molecule has 1 unspecified atom stereocenters. The minimum Gasteiger partial charge on any atom is -0.350 e. The topological polar surface area (TPSA) is 49.4 Å². The molecule has 0 spiro atoms. The minimum atomic E-state index is -0.0582. The summed E-state index contributed by atoms with van der Waals surface area (Å²) in [5.74, 6) is -0.0688. The molecule has 2 amide bonds. The highest BCUT2D eigenvalue weighted by molar-refractivity contribution is 6.07. The first-order chi connectivity index (χ1) is 14.1. The maximum atomic E-state index is 13.2. The molecule has 0 fully saturated rings. The predicted molar refractivity (Wildman–Crippen MR) is 118 cm³/mol. The lowest BCUT2D eigenvalue weighted by atomic mass is 10.0. The second kappa shape index (κ2) is 9.87. The van der Waals surface area contributed by atoms with Crippen molar-refractivity contribution in [2.24, 2.45) is 0 Å². The largest absolute Gasteiger partial charge is 0.350 e. The molecule has 29 heavy (non-hydrogen) atoms. The van der Waals surface area contributed by atoms with Crippen molar-refractivity contribution in [2.75, 3.05) is 13.1 Å². The number of amides is 2. The number of nitrogens with zero attached hydrogens (tertiary/aromatic N) is 1. The van der Waals surface area contributed by atoms with Crippen molar-refractivity contribution in [2.45, 2.75) is 32.7 Å². The zero-order valence-electron chi connectivity index (χ0n) is 17.1. The van der Waals surface area contributed by atoms with Crippen LogP contribution in [0.3, 0.4) is 0 Å². The van der Waals surface area contributed by atoms with Crippen molar-refractivity contribution in [1.82, 2.24) is 10.2 Å². The van der Waals surface area contributed by atoms with Crippen LogP contribution in [0.25, 0.3) is 10.8 Å². The van der Waals surface area contributed by atoms with Gasteiger partial charge in [0.25, 0.3) is 5.91 Å². The van der Waals surface area contributed by atoms with Crippen molar-refractivity contribution in [3.05, 3.63) is 83.9 Å². The minimum absolute atomic E-state index is 0.0208. The van der Waals surface area contributed by atoms with Crippen LogP contribution in [0, 0.1) is 0 Å². The summed E-state index contributed by atoms with van der Waals surface area (Å²) in [4.78, 5) is 27.4. The van der Waals surface area contributed by atoms with Crippen LogP contribution in [0.4, 0.5) is 0 Å². The van der Waals surface area contributed by atoms with Gasteiger partial charge in [-0.05, 0) is 35.7 Å². The third-order valence-electron chi connectivity index (χ3n) is 5.09. The van der Waals surface area contributed by atoms with Crippen LogP contribution in [0.1, 0.15) is 48.7 Å². The van der Waals surface area contributed by atoms with Crippen LogP contribution in [0.15, 0.2) is 72.8 Å². The molecule has 0 aromatic heterocycles. The molecule has 3 rings (SSSR count). The molecule has 1 N–H and O–H groups in total. The molecule has 0 aliphatic rings. The maximum Gasteiger partial charge on any atom is 0.254 e. The highest BCUT2D eigenvalue weighted by Gasteiger charge is 2.19. The Bertz CT molecular complexity index is 963. The summed E-state index contributed by atoms with van der Waals surface area (Å²) in [7, 11) is 0. The first-order valence-electron chi connectivity index (χ1n) is 10.2. The van der Waals surface area contributed by atoms with E-state index in [0.717, 1.165) is 22.8 Å². The van der Waals surface area contributed by atoms with E-state index in [9.17, 15) is 9.59 Å². The van der Waals surface area contributed by atoms with Gasteiger partial charge in [0, 0.05) is 25.1 Å². The van der Waals surface area contributed by atoms with Gasteiger partial charge in [-0.3, -0.25) is 9.59 Å². The van der Waals surface area contributed by atoms with E-state index in [2.05, 4.69) is 5.32 Å². The van der Waals surface area contributed by atoms with Crippen molar-refractivity contribution >= 4 is 22.6 Å². The van der Waals surface area contributed by atoms with Crippen LogP contribution in [-0.4, -0.2) is 29.8 Å². The number of hydrogen-bond donors (Lipinski definition) is 1. The van der Waals surface area contributed by atoms with E-state index >= 15 is 0 Å². The second-order valence-electron chi connectivity index (χ2n) is 7.27. The van der Waals surface area contributed by atoms with Crippen molar-refractivity contribution in [3.8, 4) is 0 Å². The number of nitrogens with one attached hydrogen (secondary N) is 1. The predicted octanol–water partition coefficient (Wildman–Crippen LogP) is 4.96. The summed E-state index contributed by atoms with van der Waals surface area (Å²) in [5, 5.41) is 5.02. The molecule has 0 saturated heterocycles. The molecule has 0 heterocycles. The molecule has 0 saturated carbocycles. The lowest BCUT2D eigenvalue weighted by Crippen LogP contribution is -2.36. The Morgan fingerprint density at radius 1 is 0.897 bits per heavy atom. The average molecular weight is 389 g/mol. The molecule has 0 aliphatic heterocycles. The number of carbonyl (C=O) groups is 2. The molecule has 3 aromatic rings. The SMILES string of the molecule is CCCN(CCC(=O)NC(C)c1ccccc1)C(=O)c1cccc2ccccc12. The summed E-state index contributed by atoms with van der Waals surface area (Å²) in [5.41, 5.74) is 1.76. The smallest absolute Gasteiger partial charge is 0.254 e. The summed E-state index contributed by atoms with van der Waals surface area (Å²) >= 11 is 0. The number of fused-ring (bicyclic) bond motifs is 1. The zero-order valence-corrected chi connectivity index (χ0v) is 17.1. The Hall–Kier alpha value is -3.14. The molecule has 0 aliphatic carbocycles. The Labute approximate surface area is 172 Å². The second-order valence-corrected chi connectivity index (χ2v) is 7.27. The lowest BCUT2D eigenvalue weighted by molar-refractivity contribution is -0.121. The van der Waals surface area contributed by atoms with Crippen molar-refractivity contribution in [1.29, 1.82) is 0 Å². The Kier molecular flexibility index (Phi) is 7.01. The van der Waals surface area contributed by atoms with Crippen LogP contribution >= 0.6 is 0 Å². The number of hydrogen-bond acceptors (Lipinski definition) is 2. The molecule has 4 nitrogen and oxygen atoms in total. The third kappa shape index (κ3) is 5.23. The van der Waals surface area contributed by atoms with E-state index in [0.29, 0.717) is 18.7 Å². The van der Waals surface area contributed by atoms with Gasteiger partial charge in [-0.2, -0.15) is 0 Å². The lowest BCUT2D eigenvalue weighted by Gasteiger charge is -2.23. The molecule has 1 atom stereocenters. The molecule has 0 radical (unpaired) electrons. The molecule has 3 aromatic carbocycles. The van der Waals surface area contributed by atoms with Gasteiger partial charge in [0.2, 0.25) is 5.91 Å². The third-order valence-corrected chi connectivity index (χ3v) is 5.09. The molecular weight excluding hydrogens is 360 g/mol. The quantitative estimate of drug-likeness (QED) is 0.593. The summed E-state index contributed by atoms with van der Waals surface area (Å²) in [6, 6.07) is 23.5. The summed E-state index contributed by atoms with van der Waals surface area (Å²) in [6.45, 7) is 5.05.